The van der Waals surface area contributed by atoms with Gasteiger partial charge in [-0.25, -0.2) is 0 Å². The molecule has 0 radical (unpaired) electrons. The van der Waals surface area contributed by atoms with E-state index in [4.69, 9.17) is 0 Å². The maximum Gasteiger partial charge on any atom is 0.259 e. The van der Waals surface area contributed by atoms with Crippen LogP contribution in [0.15, 0.2) is 64.7 Å². The van der Waals surface area contributed by atoms with Crippen molar-refractivity contribution >= 4 is 39.3 Å². The number of hydrogen-bond acceptors (Lipinski definition) is 4. The minimum atomic E-state index is -0.583. The van der Waals surface area contributed by atoms with Crippen LogP contribution in [0, 0.1) is 0 Å². The molecule has 3 aliphatic heterocycles. The van der Waals surface area contributed by atoms with Crippen molar-refractivity contribution in [1.82, 2.24) is 14.0 Å². The first kappa shape index (κ1) is 21.2. The van der Waals surface area contributed by atoms with E-state index in [0.29, 0.717) is 23.4 Å². The number of amides is 2. The lowest BCUT2D eigenvalue weighted by atomic mass is 9.84. The van der Waals surface area contributed by atoms with Crippen LogP contribution in [0.2, 0.25) is 0 Å². The Morgan fingerprint density at radius 1 is 1.08 bits per heavy atom. The van der Waals surface area contributed by atoms with Crippen molar-refractivity contribution in [2.24, 2.45) is 0 Å². The molecule has 7 heteroatoms. The Bertz CT molecular complexity index is 1750. The first-order chi connectivity index (χ1) is 17.3. The second kappa shape index (κ2) is 7.20. The summed E-state index contributed by atoms with van der Waals surface area (Å²) in [6.07, 6.45) is 2.92. The van der Waals surface area contributed by atoms with Gasteiger partial charge in [0.2, 0.25) is 5.91 Å². The van der Waals surface area contributed by atoms with E-state index in [2.05, 4.69) is 42.1 Å². The minimum Gasteiger partial charge on any atom is -0.356 e. The Labute approximate surface area is 207 Å². The van der Waals surface area contributed by atoms with Crippen LogP contribution in [0.4, 0.5) is 5.69 Å². The van der Waals surface area contributed by atoms with E-state index in [1.165, 1.54) is 17.4 Å². The summed E-state index contributed by atoms with van der Waals surface area (Å²) in [5.41, 5.74) is 6.72. The zero-order valence-corrected chi connectivity index (χ0v) is 20.5. The zero-order valence-electron chi connectivity index (χ0n) is 20.5. The van der Waals surface area contributed by atoms with Crippen molar-refractivity contribution in [3.8, 4) is 0 Å². The van der Waals surface area contributed by atoms with Crippen molar-refractivity contribution in [1.29, 1.82) is 0 Å². The Kier molecular flexibility index (Phi) is 4.23. The lowest BCUT2D eigenvalue weighted by molar-refractivity contribution is -0.139. The number of hydrogen-bond donors (Lipinski definition) is 1. The monoisotopic (exact) mass is 478 g/mol. The summed E-state index contributed by atoms with van der Waals surface area (Å²) in [6.45, 7) is 6.47. The van der Waals surface area contributed by atoms with Crippen molar-refractivity contribution < 1.29 is 9.59 Å². The second-order valence-electron chi connectivity index (χ2n) is 10.3. The number of carbonyl (C=O) groups is 2. The lowest BCUT2D eigenvalue weighted by Gasteiger charge is -2.20. The molecule has 4 aromatic rings. The Morgan fingerprint density at radius 2 is 1.89 bits per heavy atom. The zero-order chi connectivity index (χ0) is 24.9. The summed E-state index contributed by atoms with van der Waals surface area (Å²) >= 11 is 0. The predicted molar refractivity (Wildman–Crippen MR) is 139 cm³/mol. The summed E-state index contributed by atoms with van der Waals surface area (Å²) in [4.78, 5) is 41.5. The van der Waals surface area contributed by atoms with E-state index < -0.39 is 5.92 Å². The third-order valence-electron chi connectivity index (χ3n) is 7.97. The van der Waals surface area contributed by atoms with Gasteiger partial charge in [-0.2, -0.15) is 0 Å². The highest BCUT2D eigenvalue weighted by Crippen LogP contribution is 2.46. The highest BCUT2D eigenvalue weighted by Gasteiger charge is 2.43. The molecule has 0 saturated heterocycles. The predicted octanol–water partition coefficient (Wildman–Crippen LogP) is 4.29. The lowest BCUT2D eigenvalue weighted by Crippen LogP contribution is -2.34. The van der Waals surface area contributed by atoms with E-state index in [1.807, 2.05) is 34.9 Å². The van der Waals surface area contributed by atoms with Crippen LogP contribution in [0.3, 0.4) is 0 Å². The van der Waals surface area contributed by atoms with E-state index in [-0.39, 0.29) is 30.0 Å². The van der Waals surface area contributed by atoms with Crippen LogP contribution in [0.25, 0.3) is 21.8 Å². The Morgan fingerprint density at radius 3 is 2.67 bits per heavy atom. The third-order valence-corrected chi connectivity index (χ3v) is 7.97. The summed E-state index contributed by atoms with van der Waals surface area (Å²) in [6, 6.07) is 14.4. The second-order valence-corrected chi connectivity index (χ2v) is 10.3. The third kappa shape index (κ3) is 2.65. The molecule has 2 aromatic carbocycles. The molecule has 2 amide bonds. The molecular formula is C29H26N4O3. The quantitative estimate of drug-likeness (QED) is 0.466. The summed E-state index contributed by atoms with van der Waals surface area (Å²) in [5.74, 6) is -1.21. The maximum atomic E-state index is 14.1. The molecule has 0 saturated carbocycles. The number of para-hydroxylation sites is 1. The first-order valence-corrected chi connectivity index (χ1v) is 12.5. The number of nitrogens with zero attached hydrogens (tertiary/aromatic N) is 3. The number of rotatable bonds is 2. The fourth-order valence-corrected chi connectivity index (χ4v) is 6.38. The molecule has 0 fully saturated rings. The van der Waals surface area contributed by atoms with Crippen molar-refractivity contribution in [2.75, 3.05) is 11.9 Å². The number of aryl methyl sites for hydroxylation is 2. The molecule has 0 bridgehead atoms. The van der Waals surface area contributed by atoms with Crippen molar-refractivity contribution in [3.63, 3.8) is 0 Å². The van der Waals surface area contributed by atoms with Crippen LogP contribution >= 0.6 is 0 Å². The molecule has 7 nitrogen and oxygen atoms in total. The molecular weight excluding hydrogens is 452 g/mol. The Balaban J connectivity index is 1.59. The number of imide groups is 1. The van der Waals surface area contributed by atoms with Crippen LogP contribution in [0.1, 0.15) is 49.4 Å². The molecule has 1 atom stereocenters. The van der Waals surface area contributed by atoms with Gasteiger partial charge in [-0.15, -0.1) is 0 Å². The first-order valence-electron chi connectivity index (χ1n) is 12.5. The number of pyridine rings is 1. The maximum absolute atomic E-state index is 14.1. The minimum absolute atomic E-state index is 0.0665. The fraction of sp³-hybridized carbons (Fsp3) is 0.276. The standard InChI is InChI=1S/C29H26N4O3/c1-15(2)32-13-20-24(19-12-18-7-4-6-17-10-11-31(27(17)18)28(19)35)26-22(14-33(16(3)34)29(26)36)30-21-8-5-9-23(32)25(20)21/h4-9,12-13,15,24,30H,10-11,14H2,1-3H3/t24-/m0/s1. The normalized spacial score (nSPS) is 18.4. The summed E-state index contributed by atoms with van der Waals surface area (Å²) in [5, 5.41) is 5.51. The molecule has 1 N–H and O–H groups in total. The van der Waals surface area contributed by atoms with Gasteiger partial charge in [0.25, 0.3) is 11.5 Å². The van der Waals surface area contributed by atoms with Gasteiger partial charge in [0.05, 0.1) is 23.2 Å². The molecule has 180 valence electrons. The van der Waals surface area contributed by atoms with Gasteiger partial charge in [0.1, 0.15) is 0 Å². The highest BCUT2D eigenvalue weighted by atomic mass is 16.2. The average Bonchev–Trinajstić information content (AvgIpc) is 3.51. The Hall–Kier alpha value is -4.13. The summed E-state index contributed by atoms with van der Waals surface area (Å²) in [7, 11) is 0. The SMILES string of the molecule is CC(=O)N1CC2=C(C1=O)[C@@H](c1cc3cccc4c3n(c1=O)CC4)c1cn(C(C)C)c3cccc(c13)N2. The smallest absolute Gasteiger partial charge is 0.259 e. The number of nitrogens with one attached hydrogen (secondary N) is 1. The number of aromatic nitrogens is 2. The molecule has 3 aliphatic rings. The van der Waals surface area contributed by atoms with Crippen molar-refractivity contribution in [2.45, 2.75) is 45.7 Å². The van der Waals surface area contributed by atoms with Crippen LogP contribution in [-0.4, -0.2) is 32.4 Å². The largest absolute Gasteiger partial charge is 0.356 e. The molecule has 36 heavy (non-hydrogen) atoms. The van der Waals surface area contributed by atoms with E-state index in [1.54, 1.807) is 0 Å². The molecule has 5 heterocycles. The molecule has 2 aromatic heterocycles. The van der Waals surface area contributed by atoms with Crippen LogP contribution < -0.4 is 10.9 Å². The molecule has 0 unspecified atom stereocenters. The topological polar surface area (TPSA) is 76.3 Å². The van der Waals surface area contributed by atoms with Gasteiger partial charge in [-0.3, -0.25) is 19.3 Å². The van der Waals surface area contributed by atoms with Gasteiger partial charge < -0.3 is 14.5 Å². The highest BCUT2D eigenvalue weighted by molar-refractivity contribution is 6.11. The van der Waals surface area contributed by atoms with Gasteiger partial charge >= 0.3 is 0 Å². The van der Waals surface area contributed by atoms with Crippen molar-refractivity contribution in [3.05, 3.63) is 87.0 Å². The van der Waals surface area contributed by atoms with Crippen LogP contribution in [-0.2, 0) is 22.6 Å². The van der Waals surface area contributed by atoms with E-state index in [9.17, 15) is 14.4 Å². The number of anilines is 1. The number of benzene rings is 2. The van der Waals surface area contributed by atoms with Gasteiger partial charge in [-0.1, -0.05) is 24.3 Å². The van der Waals surface area contributed by atoms with Gasteiger partial charge in [-0.05, 0) is 55.0 Å². The molecule has 7 rings (SSSR count). The van der Waals surface area contributed by atoms with E-state index in [0.717, 1.165) is 39.5 Å². The average molecular weight is 479 g/mol. The summed E-state index contributed by atoms with van der Waals surface area (Å²) < 4.78 is 4.07. The van der Waals surface area contributed by atoms with Gasteiger partial charge in [0.15, 0.2) is 0 Å². The van der Waals surface area contributed by atoms with Gasteiger partial charge in [0, 0.05) is 54.0 Å². The fourth-order valence-electron chi connectivity index (χ4n) is 6.38. The number of carbonyl (C=O) groups excluding carboxylic acids is 2. The van der Waals surface area contributed by atoms with E-state index >= 15 is 0 Å². The molecule has 0 aliphatic carbocycles. The van der Waals surface area contributed by atoms with Crippen LogP contribution in [0.5, 0.6) is 0 Å². The molecule has 0 spiro atoms.